The Morgan fingerprint density at radius 3 is 2.35 bits per heavy atom. The number of hydrogen-bond donors (Lipinski definition) is 1. The number of likely N-dealkylation sites (tertiary alicyclic amines) is 1. The fourth-order valence-electron chi connectivity index (χ4n) is 2.91. The Bertz CT molecular complexity index is 463. The van der Waals surface area contributed by atoms with Crippen LogP contribution in [0.1, 0.15) is 44.2 Å². The van der Waals surface area contributed by atoms with Gasteiger partial charge in [0.1, 0.15) is 5.75 Å². The highest BCUT2D eigenvalue weighted by atomic mass is 19.4. The van der Waals surface area contributed by atoms with Crippen LogP contribution in [0.15, 0.2) is 18.2 Å². The standard InChI is InChI=1S/C15H20F3NO/c1-10-4-3-5-11(2)19(10)9-12-6-7-14(20)13(8-12)15(16,17)18/h6-8,10-11,20H,3-5,9H2,1-2H3/t10-,11+. The number of phenolic OH excluding ortho intramolecular Hbond substituents is 1. The van der Waals surface area contributed by atoms with E-state index >= 15 is 0 Å². The highest BCUT2D eigenvalue weighted by molar-refractivity contribution is 5.38. The van der Waals surface area contributed by atoms with E-state index in [0.29, 0.717) is 24.2 Å². The normalized spacial score (nSPS) is 24.9. The minimum atomic E-state index is -4.51. The van der Waals surface area contributed by atoms with Crippen molar-refractivity contribution < 1.29 is 18.3 Å². The predicted octanol–water partition coefficient (Wildman–Crippen LogP) is 4.17. The number of alkyl halides is 3. The van der Waals surface area contributed by atoms with Gasteiger partial charge < -0.3 is 5.11 Å². The Labute approximate surface area is 117 Å². The fraction of sp³-hybridized carbons (Fsp3) is 0.600. The molecular formula is C15H20F3NO. The molecule has 0 amide bonds. The number of piperidine rings is 1. The van der Waals surface area contributed by atoms with Crippen LogP contribution in [0, 0.1) is 0 Å². The van der Waals surface area contributed by atoms with Crippen molar-refractivity contribution >= 4 is 0 Å². The van der Waals surface area contributed by atoms with Crippen LogP contribution in [0.4, 0.5) is 13.2 Å². The van der Waals surface area contributed by atoms with Crippen LogP contribution in [-0.4, -0.2) is 22.1 Å². The highest BCUT2D eigenvalue weighted by Crippen LogP contribution is 2.36. The van der Waals surface area contributed by atoms with E-state index < -0.39 is 17.5 Å². The quantitative estimate of drug-likeness (QED) is 0.882. The van der Waals surface area contributed by atoms with Crippen molar-refractivity contribution in [2.45, 2.75) is 57.9 Å². The van der Waals surface area contributed by atoms with Crippen LogP contribution in [0.5, 0.6) is 5.75 Å². The summed E-state index contributed by atoms with van der Waals surface area (Å²) in [6.45, 7) is 4.72. The molecule has 0 radical (unpaired) electrons. The average Bonchev–Trinajstić information content (AvgIpc) is 2.34. The number of hydrogen-bond acceptors (Lipinski definition) is 2. The van der Waals surface area contributed by atoms with E-state index in [2.05, 4.69) is 18.7 Å². The van der Waals surface area contributed by atoms with Crippen LogP contribution >= 0.6 is 0 Å². The van der Waals surface area contributed by atoms with Crippen molar-refractivity contribution in [1.29, 1.82) is 0 Å². The lowest BCUT2D eigenvalue weighted by Crippen LogP contribution is -2.42. The van der Waals surface area contributed by atoms with E-state index in [1.165, 1.54) is 6.42 Å². The third-order valence-corrected chi connectivity index (χ3v) is 4.11. The molecule has 1 aromatic rings. The first-order chi connectivity index (χ1) is 9.29. The van der Waals surface area contributed by atoms with Crippen LogP contribution < -0.4 is 0 Å². The van der Waals surface area contributed by atoms with E-state index in [1.54, 1.807) is 6.07 Å². The van der Waals surface area contributed by atoms with E-state index in [-0.39, 0.29) is 0 Å². The van der Waals surface area contributed by atoms with E-state index in [0.717, 1.165) is 25.0 Å². The lowest BCUT2D eigenvalue weighted by molar-refractivity contribution is -0.138. The topological polar surface area (TPSA) is 23.5 Å². The lowest BCUT2D eigenvalue weighted by atomic mass is 9.96. The Morgan fingerprint density at radius 1 is 1.20 bits per heavy atom. The number of rotatable bonds is 2. The van der Waals surface area contributed by atoms with Crippen LogP contribution in [0.2, 0.25) is 0 Å². The van der Waals surface area contributed by atoms with Gasteiger partial charge in [0.15, 0.2) is 0 Å². The Kier molecular flexibility index (Phi) is 4.28. The zero-order chi connectivity index (χ0) is 14.9. The van der Waals surface area contributed by atoms with Crippen LogP contribution in [0.3, 0.4) is 0 Å². The summed E-state index contributed by atoms with van der Waals surface area (Å²) < 4.78 is 38.4. The predicted molar refractivity (Wildman–Crippen MR) is 71.4 cm³/mol. The zero-order valence-corrected chi connectivity index (χ0v) is 11.7. The zero-order valence-electron chi connectivity index (χ0n) is 11.7. The van der Waals surface area contributed by atoms with Crippen molar-refractivity contribution in [1.82, 2.24) is 4.90 Å². The molecule has 2 rings (SSSR count). The second-order valence-corrected chi connectivity index (χ2v) is 5.65. The summed E-state index contributed by atoms with van der Waals surface area (Å²) in [5.41, 5.74) is -0.358. The molecule has 5 heteroatoms. The summed E-state index contributed by atoms with van der Waals surface area (Å²) in [5, 5.41) is 9.35. The molecule has 112 valence electrons. The van der Waals surface area contributed by atoms with Gasteiger partial charge >= 0.3 is 6.18 Å². The first-order valence-electron chi connectivity index (χ1n) is 6.94. The number of halogens is 3. The van der Waals surface area contributed by atoms with Gasteiger partial charge in [-0.25, -0.2) is 0 Å². The van der Waals surface area contributed by atoms with Crippen molar-refractivity contribution in [3.05, 3.63) is 29.3 Å². The molecule has 1 fully saturated rings. The maximum Gasteiger partial charge on any atom is 0.419 e. The highest BCUT2D eigenvalue weighted by Gasteiger charge is 2.34. The average molecular weight is 287 g/mol. The molecule has 1 aliphatic rings. The van der Waals surface area contributed by atoms with Gasteiger partial charge in [0.25, 0.3) is 0 Å². The molecule has 1 heterocycles. The van der Waals surface area contributed by atoms with Gasteiger partial charge in [-0.3, -0.25) is 4.90 Å². The SMILES string of the molecule is C[C@@H]1CCC[C@H](C)N1Cc1ccc(O)c(C(F)(F)F)c1. The van der Waals surface area contributed by atoms with Gasteiger partial charge in [-0.15, -0.1) is 0 Å². The third-order valence-electron chi connectivity index (χ3n) is 4.11. The molecule has 0 unspecified atom stereocenters. The largest absolute Gasteiger partial charge is 0.507 e. The number of benzene rings is 1. The Hall–Kier alpha value is -1.23. The first kappa shape index (κ1) is 15.2. The molecule has 2 atom stereocenters. The van der Waals surface area contributed by atoms with Gasteiger partial charge in [0, 0.05) is 18.6 Å². The van der Waals surface area contributed by atoms with Gasteiger partial charge in [-0.1, -0.05) is 12.5 Å². The Morgan fingerprint density at radius 2 is 1.80 bits per heavy atom. The van der Waals surface area contributed by atoms with E-state index in [9.17, 15) is 18.3 Å². The lowest BCUT2D eigenvalue weighted by Gasteiger charge is -2.39. The fourth-order valence-corrected chi connectivity index (χ4v) is 2.91. The van der Waals surface area contributed by atoms with Gasteiger partial charge in [0.2, 0.25) is 0 Å². The van der Waals surface area contributed by atoms with Gasteiger partial charge in [-0.05, 0) is 44.4 Å². The summed E-state index contributed by atoms with van der Waals surface area (Å²) >= 11 is 0. The molecule has 1 saturated heterocycles. The Balaban J connectivity index is 2.21. The van der Waals surface area contributed by atoms with Crippen LogP contribution in [0.25, 0.3) is 0 Å². The number of phenols is 1. The van der Waals surface area contributed by atoms with E-state index in [4.69, 9.17) is 0 Å². The monoisotopic (exact) mass is 287 g/mol. The number of nitrogens with zero attached hydrogens (tertiary/aromatic N) is 1. The molecular weight excluding hydrogens is 267 g/mol. The molecule has 0 aromatic heterocycles. The molecule has 1 aliphatic heterocycles. The third kappa shape index (κ3) is 3.26. The van der Waals surface area contributed by atoms with Crippen molar-refractivity contribution in [3.63, 3.8) is 0 Å². The summed E-state index contributed by atoms with van der Waals surface area (Å²) in [6.07, 6.45) is -1.19. The molecule has 20 heavy (non-hydrogen) atoms. The molecule has 0 spiro atoms. The van der Waals surface area contributed by atoms with Crippen molar-refractivity contribution in [2.75, 3.05) is 0 Å². The second-order valence-electron chi connectivity index (χ2n) is 5.65. The van der Waals surface area contributed by atoms with Gasteiger partial charge in [-0.2, -0.15) is 13.2 Å². The van der Waals surface area contributed by atoms with Crippen molar-refractivity contribution in [2.24, 2.45) is 0 Å². The molecule has 1 N–H and O–H groups in total. The van der Waals surface area contributed by atoms with Crippen molar-refractivity contribution in [3.8, 4) is 5.75 Å². The van der Waals surface area contributed by atoms with E-state index in [1.807, 2.05) is 0 Å². The van der Waals surface area contributed by atoms with Crippen LogP contribution in [-0.2, 0) is 12.7 Å². The molecule has 0 aliphatic carbocycles. The van der Waals surface area contributed by atoms with Gasteiger partial charge in [0.05, 0.1) is 5.56 Å². The second kappa shape index (κ2) is 5.64. The molecule has 2 nitrogen and oxygen atoms in total. The molecule has 0 saturated carbocycles. The first-order valence-corrected chi connectivity index (χ1v) is 6.94. The number of aromatic hydroxyl groups is 1. The molecule has 0 bridgehead atoms. The molecule has 1 aromatic carbocycles. The summed E-state index contributed by atoms with van der Waals surface area (Å²) in [7, 11) is 0. The summed E-state index contributed by atoms with van der Waals surface area (Å²) in [4.78, 5) is 2.23. The summed E-state index contributed by atoms with van der Waals surface area (Å²) in [6, 6.07) is 4.52. The maximum atomic E-state index is 12.8. The maximum absolute atomic E-state index is 12.8. The minimum Gasteiger partial charge on any atom is -0.507 e. The smallest absolute Gasteiger partial charge is 0.419 e. The minimum absolute atomic E-state index is 0.377. The summed E-state index contributed by atoms with van der Waals surface area (Å²) in [5.74, 6) is -0.707.